The van der Waals surface area contributed by atoms with Gasteiger partial charge in [0.2, 0.25) is 0 Å². The van der Waals surface area contributed by atoms with Crippen LogP contribution < -0.4 is 0 Å². The Kier molecular flexibility index (Phi) is 8.01. The quantitative estimate of drug-likeness (QED) is 0.384. The molecule has 0 atom stereocenters. The molecule has 0 aromatic carbocycles. The van der Waals surface area contributed by atoms with Crippen molar-refractivity contribution in [2.45, 2.75) is 50.6 Å². The lowest BCUT2D eigenvalue weighted by Crippen LogP contribution is -1.95. The monoisotopic (exact) mass is 253 g/mol. The van der Waals surface area contributed by atoms with Crippen molar-refractivity contribution in [3.8, 4) is 0 Å². The summed E-state index contributed by atoms with van der Waals surface area (Å²) in [5, 5.41) is 11.2. The Morgan fingerprint density at radius 1 is 1.24 bits per heavy atom. The highest BCUT2D eigenvalue weighted by Gasteiger charge is 2.00. The molecule has 0 N–H and O–H groups in total. The van der Waals surface area contributed by atoms with Crippen LogP contribution in [0.4, 0.5) is 0 Å². The molecular formula is C13H21N2OS. The van der Waals surface area contributed by atoms with E-state index in [9.17, 15) is 5.11 Å². The average Bonchev–Trinajstić information content (AvgIpc) is 2.36. The van der Waals surface area contributed by atoms with Gasteiger partial charge in [-0.1, -0.05) is 31.5 Å². The van der Waals surface area contributed by atoms with Gasteiger partial charge in [-0.05, 0) is 31.7 Å². The molecule has 0 saturated carbocycles. The molecule has 0 spiro atoms. The zero-order valence-electron chi connectivity index (χ0n) is 10.5. The van der Waals surface area contributed by atoms with Gasteiger partial charge in [0, 0.05) is 17.6 Å². The predicted molar refractivity (Wildman–Crippen MR) is 70.8 cm³/mol. The van der Waals surface area contributed by atoms with Crippen LogP contribution in [0.1, 0.15) is 44.7 Å². The third kappa shape index (κ3) is 6.64. The van der Waals surface area contributed by atoms with Crippen LogP contribution in [-0.2, 0) is 11.5 Å². The van der Waals surface area contributed by atoms with Crippen molar-refractivity contribution >= 4 is 11.8 Å². The molecule has 0 aliphatic heterocycles. The molecule has 0 saturated heterocycles. The molecule has 1 aromatic rings. The van der Waals surface area contributed by atoms with E-state index in [1.165, 1.54) is 19.3 Å². The van der Waals surface area contributed by atoms with E-state index < -0.39 is 0 Å². The molecule has 95 valence electrons. The number of unbranched alkanes of at least 4 members (excludes halogenated alkanes) is 3. The first-order chi connectivity index (χ1) is 8.36. The van der Waals surface area contributed by atoms with E-state index in [0.717, 1.165) is 35.9 Å². The fourth-order valence-corrected chi connectivity index (χ4v) is 2.36. The number of nitrogens with zero attached hydrogens (tertiary/aromatic N) is 2. The predicted octanol–water partition coefficient (Wildman–Crippen LogP) is 3.51. The molecule has 1 aromatic heterocycles. The third-order valence-electron chi connectivity index (χ3n) is 2.50. The molecule has 0 bridgehead atoms. The van der Waals surface area contributed by atoms with Gasteiger partial charge in [-0.25, -0.2) is 15.1 Å². The largest absolute Gasteiger partial charge is 0.237 e. The molecule has 3 nitrogen and oxygen atoms in total. The Morgan fingerprint density at radius 2 is 2.12 bits per heavy atom. The molecule has 0 amide bonds. The molecule has 1 heterocycles. The van der Waals surface area contributed by atoms with E-state index in [1.54, 1.807) is 11.8 Å². The lowest BCUT2D eigenvalue weighted by Gasteiger charge is -2.03. The van der Waals surface area contributed by atoms with Crippen LogP contribution in [0.2, 0.25) is 0 Å². The summed E-state index contributed by atoms with van der Waals surface area (Å²) in [5.41, 5.74) is 1.14. The van der Waals surface area contributed by atoms with Crippen LogP contribution in [0.25, 0.3) is 0 Å². The Bertz CT molecular complexity index is 307. The molecule has 1 rings (SSSR count). The maximum absolute atomic E-state index is 10.3. The molecule has 1 radical (unpaired) electrons. The smallest absolute Gasteiger partial charge is 0.187 e. The minimum Gasteiger partial charge on any atom is -0.237 e. The number of aryl methyl sites for hydroxylation is 1. The lowest BCUT2D eigenvalue weighted by molar-refractivity contribution is 0.188. The maximum atomic E-state index is 10.3. The normalized spacial score (nSPS) is 10.7. The Morgan fingerprint density at radius 3 is 2.88 bits per heavy atom. The zero-order chi connectivity index (χ0) is 12.3. The summed E-state index contributed by atoms with van der Waals surface area (Å²) in [6.45, 7) is 2.23. The molecule has 0 fully saturated rings. The van der Waals surface area contributed by atoms with Crippen molar-refractivity contribution in [1.29, 1.82) is 0 Å². The molecule has 0 aliphatic rings. The minimum atomic E-state index is 0.0263. The summed E-state index contributed by atoms with van der Waals surface area (Å²) in [6, 6.07) is 2.00. The van der Waals surface area contributed by atoms with Gasteiger partial charge < -0.3 is 0 Å². The number of hydrogen-bond acceptors (Lipinski definition) is 3. The first-order valence-electron chi connectivity index (χ1n) is 6.39. The number of rotatable bonds is 9. The van der Waals surface area contributed by atoms with Crippen molar-refractivity contribution in [2.75, 3.05) is 12.4 Å². The van der Waals surface area contributed by atoms with Gasteiger partial charge in [-0.2, -0.15) is 0 Å². The summed E-state index contributed by atoms with van der Waals surface area (Å²) in [7, 11) is 0. The van der Waals surface area contributed by atoms with Gasteiger partial charge in [0.1, 0.15) is 0 Å². The number of thioether (sulfide) groups is 1. The summed E-state index contributed by atoms with van der Waals surface area (Å²) in [4.78, 5) is 8.75. The minimum absolute atomic E-state index is 0.0263. The standard InChI is InChI=1S/C13H21N2OS/c1-2-3-4-7-12-8-9-14-13(15-12)17-11-6-5-10-16/h8-9H,2-7,10-11H2,1H3. The van der Waals surface area contributed by atoms with Crippen LogP contribution in [0.3, 0.4) is 0 Å². The van der Waals surface area contributed by atoms with Crippen LogP contribution in [0.15, 0.2) is 17.4 Å². The van der Waals surface area contributed by atoms with Gasteiger partial charge in [-0.3, -0.25) is 0 Å². The van der Waals surface area contributed by atoms with Crippen molar-refractivity contribution in [2.24, 2.45) is 0 Å². The second-order valence-electron chi connectivity index (χ2n) is 4.05. The summed E-state index contributed by atoms with van der Waals surface area (Å²) < 4.78 is 0. The van der Waals surface area contributed by atoms with Gasteiger partial charge in [0.15, 0.2) is 5.16 Å². The van der Waals surface area contributed by atoms with Crippen molar-refractivity contribution in [3.05, 3.63) is 18.0 Å². The first kappa shape index (κ1) is 14.5. The maximum Gasteiger partial charge on any atom is 0.187 e. The third-order valence-corrected chi connectivity index (χ3v) is 3.45. The van der Waals surface area contributed by atoms with E-state index in [1.807, 2.05) is 12.3 Å². The van der Waals surface area contributed by atoms with Gasteiger partial charge in [0.05, 0.1) is 6.61 Å². The highest BCUT2D eigenvalue weighted by atomic mass is 32.2. The van der Waals surface area contributed by atoms with Crippen LogP contribution >= 0.6 is 11.8 Å². The molecular weight excluding hydrogens is 232 g/mol. The summed E-state index contributed by atoms with van der Waals surface area (Å²) >= 11 is 1.65. The van der Waals surface area contributed by atoms with Gasteiger partial charge >= 0.3 is 0 Å². The second kappa shape index (κ2) is 9.42. The molecule has 4 heteroatoms. The fraction of sp³-hybridized carbons (Fsp3) is 0.692. The summed E-state index contributed by atoms with van der Waals surface area (Å²) in [5.74, 6) is 0.945. The second-order valence-corrected chi connectivity index (χ2v) is 5.11. The number of hydrogen-bond donors (Lipinski definition) is 0. The number of aromatic nitrogens is 2. The van der Waals surface area contributed by atoms with Crippen molar-refractivity contribution < 1.29 is 5.11 Å². The lowest BCUT2D eigenvalue weighted by atomic mass is 10.1. The molecule has 17 heavy (non-hydrogen) atoms. The van der Waals surface area contributed by atoms with Crippen LogP contribution in [-0.4, -0.2) is 22.3 Å². The fourth-order valence-electron chi connectivity index (χ4n) is 1.51. The van der Waals surface area contributed by atoms with Crippen LogP contribution in [0.5, 0.6) is 0 Å². The zero-order valence-corrected chi connectivity index (χ0v) is 11.3. The van der Waals surface area contributed by atoms with Crippen molar-refractivity contribution in [3.63, 3.8) is 0 Å². The van der Waals surface area contributed by atoms with Gasteiger partial charge in [0.25, 0.3) is 0 Å². The summed E-state index contributed by atoms with van der Waals surface area (Å²) in [6.07, 6.45) is 8.29. The van der Waals surface area contributed by atoms with Gasteiger partial charge in [-0.15, -0.1) is 0 Å². The van der Waals surface area contributed by atoms with E-state index in [2.05, 4.69) is 16.9 Å². The Balaban J connectivity index is 2.31. The van der Waals surface area contributed by atoms with E-state index >= 15 is 0 Å². The van der Waals surface area contributed by atoms with E-state index in [0.29, 0.717) is 0 Å². The first-order valence-corrected chi connectivity index (χ1v) is 7.38. The van der Waals surface area contributed by atoms with Crippen molar-refractivity contribution in [1.82, 2.24) is 9.97 Å². The molecule has 0 unspecified atom stereocenters. The topological polar surface area (TPSA) is 45.7 Å². The average molecular weight is 253 g/mol. The highest BCUT2D eigenvalue weighted by molar-refractivity contribution is 7.99. The molecule has 0 aliphatic carbocycles. The van der Waals surface area contributed by atoms with E-state index in [4.69, 9.17) is 0 Å². The Hall–Kier alpha value is -0.610. The van der Waals surface area contributed by atoms with E-state index in [-0.39, 0.29) is 6.61 Å². The SMILES string of the molecule is CCCCCc1ccnc(SCCCC[O])n1. The Labute approximate surface area is 108 Å². The highest BCUT2D eigenvalue weighted by Crippen LogP contribution is 2.15. The van der Waals surface area contributed by atoms with Crippen LogP contribution in [0, 0.1) is 0 Å².